The molecule has 0 spiro atoms. The zero-order valence-electron chi connectivity index (χ0n) is 14.9. The Morgan fingerprint density at radius 2 is 1.67 bits per heavy atom. The van der Waals surface area contributed by atoms with Gasteiger partial charge in [0.25, 0.3) is 5.91 Å². The number of esters is 1. The number of amides is 3. The van der Waals surface area contributed by atoms with Gasteiger partial charge in [-0.3, -0.25) is 24.1 Å². The van der Waals surface area contributed by atoms with Crippen LogP contribution in [0.2, 0.25) is 0 Å². The molecule has 27 heavy (non-hydrogen) atoms. The fourth-order valence-electron chi connectivity index (χ4n) is 4.27. The lowest BCUT2D eigenvalue weighted by molar-refractivity contribution is -0.154. The number of fused-ring (bicyclic) bond motifs is 5. The molecular weight excluding hydrogens is 348 g/mol. The van der Waals surface area contributed by atoms with Gasteiger partial charge in [-0.1, -0.05) is 29.8 Å². The first-order chi connectivity index (χ1) is 12.9. The van der Waals surface area contributed by atoms with E-state index >= 15 is 0 Å². The highest BCUT2D eigenvalue weighted by Gasteiger charge is 2.59. The standard InChI is InChI=1S/C20H20N2O5/c1-11-2-6-14(7-3-11)21-15(23)10-27-16(24)9-22-19(25)17-12-4-5-13(8-12)18(17)20(22)26/h2-7,12-13,17-18H,8-10H2,1H3,(H,21,23)/t12-,13+,17-,18+. The van der Waals surface area contributed by atoms with E-state index < -0.39 is 25.0 Å². The number of hydrogen-bond acceptors (Lipinski definition) is 5. The Morgan fingerprint density at radius 1 is 1.07 bits per heavy atom. The van der Waals surface area contributed by atoms with Gasteiger partial charge in [0.15, 0.2) is 6.61 Å². The molecule has 0 aromatic heterocycles. The van der Waals surface area contributed by atoms with Crippen LogP contribution < -0.4 is 5.32 Å². The van der Waals surface area contributed by atoms with Gasteiger partial charge in [0.2, 0.25) is 11.8 Å². The van der Waals surface area contributed by atoms with Gasteiger partial charge in [-0.05, 0) is 37.3 Å². The maximum Gasteiger partial charge on any atom is 0.326 e. The Kier molecular flexibility index (Phi) is 4.30. The van der Waals surface area contributed by atoms with Crippen LogP contribution in [0, 0.1) is 30.6 Å². The number of likely N-dealkylation sites (tertiary alicyclic amines) is 1. The molecule has 0 radical (unpaired) electrons. The monoisotopic (exact) mass is 368 g/mol. The van der Waals surface area contributed by atoms with Crippen molar-refractivity contribution in [3.05, 3.63) is 42.0 Å². The molecule has 2 fully saturated rings. The third-order valence-corrected chi connectivity index (χ3v) is 5.55. The molecule has 7 nitrogen and oxygen atoms in total. The largest absolute Gasteiger partial charge is 0.454 e. The highest BCUT2D eigenvalue weighted by molar-refractivity contribution is 6.08. The van der Waals surface area contributed by atoms with Gasteiger partial charge in [-0.15, -0.1) is 0 Å². The van der Waals surface area contributed by atoms with Crippen molar-refractivity contribution in [3.8, 4) is 0 Å². The van der Waals surface area contributed by atoms with E-state index in [9.17, 15) is 19.2 Å². The van der Waals surface area contributed by atoms with Gasteiger partial charge >= 0.3 is 5.97 Å². The van der Waals surface area contributed by atoms with E-state index in [0.29, 0.717) is 5.69 Å². The highest BCUT2D eigenvalue weighted by atomic mass is 16.5. The van der Waals surface area contributed by atoms with Gasteiger partial charge in [0.1, 0.15) is 6.54 Å². The summed E-state index contributed by atoms with van der Waals surface area (Å²) in [5.41, 5.74) is 1.66. The summed E-state index contributed by atoms with van der Waals surface area (Å²) in [6, 6.07) is 7.20. The number of rotatable bonds is 5. The number of allylic oxidation sites excluding steroid dienone is 2. The third-order valence-electron chi connectivity index (χ3n) is 5.55. The molecule has 2 aliphatic carbocycles. The molecule has 0 unspecified atom stereocenters. The van der Waals surface area contributed by atoms with Crippen LogP contribution in [0.15, 0.2) is 36.4 Å². The quantitative estimate of drug-likeness (QED) is 0.480. The van der Waals surface area contributed by atoms with Gasteiger partial charge in [-0.2, -0.15) is 0 Å². The summed E-state index contributed by atoms with van der Waals surface area (Å²) in [5.74, 6) is -2.35. The first-order valence-corrected chi connectivity index (χ1v) is 9.00. The number of nitrogens with zero attached hydrogens (tertiary/aromatic N) is 1. The number of ether oxygens (including phenoxy) is 1. The van der Waals surface area contributed by atoms with Crippen molar-refractivity contribution in [2.24, 2.45) is 23.7 Å². The van der Waals surface area contributed by atoms with Crippen LogP contribution in [0.5, 0.6) is 0 Å². The second-order valence-corrected chi connectivity index (χ2v) is 7.34. The molecule has 4 atom stereocenters. The van der Waals surface area contributed by atoms with Crippen LogP contribution in [0.1, 0.15) is 12.0 Å². The predicted octanol–water partition coefficient (Wildman–Crippen LogP) is 1.28. The third kappa shape index (κ3) is 3.13. The molecule has 3 aliphatic rings. The summed E-state index contributed by atoms with van der Waals surface area (Å²) in [6.45, 7) is 1.02. The summed E-state index contributed by atoms with van der Waals surface area (Å²) in [7, 11) is 0. The average Bonchev–Trinajstić information content (AvgIpc) is 3.32. The second kappa shape index (κ2) is 6.64. The van der Waals surface area contributed by atoms with E-state index in [2.05, 4.69) is 5.32 Å². The predicted molar refractivity (Wildman–Crippen MR) is 95.2 cm³/mol. The average molecular weight is 368 g/mol. The molecule has 1 saturated heterocycles. The Labute approximate surface area is 156 Å². The minimum absolute atomic E-state index is 0.0951. The highest BCUT2D eigenvalue weighted by Crippen LogP contribution is 2.52. The van der Waals surface area contributed by atoms with Crippen molar-refractivity contribution < 1.29 is 23.9 Å². The lowest BCUT2D eigenvalue weighted by Gasteiger charge is -2.16. The molecule has 7 heteroatoms. The Bertz CT molecular complexity index is 814. The number of benzene rings is 1. The van der Waals surface area contributed by atoms with Crippen LogP contribution in [0.3, 0.4) is 0 Å². The van der Waals surface area contributed by atoms with E-state index in [1.165, 1.54) is 0 Å². The van der Waals surface area contributed by atoms with Crippen LogP contribution in [-0.2, 0) is 23.9 Å². The molecule has 1 aromatic rings. The minimum Gasteiger partial charge on any atom is -0.454 e. The summed E-state index contributed by atoms with van der Waals surface area (Å²) in [4.78, 5) is 49.9. The fourth-order valence-corrected chi connectivity index (χ4v) is 4.27. The zero-order chi connectivity index (χ0) is 19.1. The second-order valence-electron chi connectivity index (χ2n) is 7.34. The van der Waals surface area contributed by atoms with Crippen molar-refractivity contribution >= 4 is 29.4 Å². The zero-order valence-corrected chi connectivity index (χ0v) is 14.9. The molecule has 4 rings (SSSR count). The summed E-state index contributed by atoms with van der Waals surface area (Å²) < 4.78 is 4.94. The van der Waals surface area contributed by atoms with Crippen LogP contribution in [0.4, 0.5) is 5.69 Å². The fraction of sp³-hybridized carbons (Fsp3) is 0.400. The van der Waals surface area contributed by atoms with E-state index in [1.807, 2.05) is 31.2 Å². The van der Waals surface area contributed by atoms with Gasteiger partial charge < -0.3 is 10.1 Å². The van der Waals surface area contributed by atoms with Gasteiger partial charge in [0.05, 0.1) is 11.8 Å². The van der Waals surface area contributed by atoms with E-state index in [-0.39, 0.29) is 35.5 Å². The topological polar surface area (TPSA) is 92.8 Å². The molecule has 1 aliphatic heterocycles. The normalized spacial score (nSPS) is 27.8. The molecule has 1 saturated carbocycles. The first kappa shape index (κ1) is 17.5. The minimum atomic E-state index is -0.768. The number of imide groups is 1. The molecule has 1 aromatic carbocycles. The molecule has 2 bridgehead atoms. The van der Waals surface area contributed by atoms with Crippen molar-refractivity contribution in [2.45, 2.75) is 13.3 Å². The van der Waals surface area contributed by atoms with Crippen molar-refractivity contribution in [1.82, 2.24) is 4.90 Å². The van der Waals surface area contributed by atoms with E-state index in [1.54, 1.807) is 12.1 Å². The van der Waals surface area contributed by atoms with Gasteiger partial charge in [-0.25, -0.2) is 0 Å². The molecule has 140 valence electrons. The lowest BCUT2D eigenvalue weighted by atomic mass is 9.85. The number of nitrogens with one attached hydrogen (secondary N) is 1. The smallest absolute Gasteiger partial charge is 0.326 e. The maximum atomic E-state index is 12.5. The molecule has 3 amide bonds. The number of aryl methyl sites for hydroxylation is 1. The molecular formula is C20H20N2O5. The maximum absolute atomic E-state index is 12.5. The number of hydrogen-bond donors (Lipinski definition) is 1. The summed E-state index contributed by atoms with van der Waals surface area (Å²) in [6.07, 6.45) is 4.83. The van der Waals surface area contributed by atoms with E-state index in [0.717, 1.165) is 16.9 Å². The Hall–Kier alpha value is -2.96. The first-order valence-electron chi connectivity index (χ1n) is 9.00. The summed E-state index contributed by atoms with van der Waals surface area (Å²) in [5, 5.41) is 2.62. The van der Waals surface area contributed by atoms with E-state index in [4.69, 9.17) is 4.74 Å². The van der Waals surface area contributed by atoms with Gasteiger partial charge in [0, 0.05) is 5.69 Å². The summed E-state index contributed by atoms with van der Waals surface area (Å²) >= 11 is 0. The Balaban J connectivity index is 1.28. The van der Waals surface area contributed by atoms with Crippen LogP contribution >= 0.6 is 0 Å². The van der Waals surface area contributed by atoms with Crippen LogP contribution in [0.25, 0.3) is 0 Å². The lowest BCUT2D eigenvalue weighted by Crippen LogP contribution is -2.38. The van der Waals surface area contributed by atoms with Crippen molar-refractivity contribution in [3.63, 3.8) is 0 Å². The SMILES string of the molecule is Cc1ccc(NC(=O)COC(=O)CN2C(=O)[C@@H]3[C@H](C2=O)[C@@H]2C=C[C@H]3C2)cc1. The van der Waals surface area contributed by atoms with Crippen molar-refractivity contribution in [2.75, 3.05) is 18.5 Å². The number of anilines is 1. The van der Waals surface area contributed by atoms with Crippen LogP contribution in [-0.4, -0.2) is 41.7 Å². The number of carbonyl (C=O) groups excluding carboxylic acids is 4. The number of carbonyl (C=O) groups is 4. The Morgan fingerprint density at radius 3 is 2.26 bits per heavy atom. The van der Waals surface area contributed by atoms with Crippen molar-refractivity contribution in [1.29, 1.82) is 0 Å². The molecule has 1 N–H and O–H groups in total. The molecule has 1 heterocycles.